The minimum absolute atomic E-state index is 0.498. The quantitative estimate of drug-likeness (QED) is 0.688. The summed E-state index contributed by atoms with van der Waals surface area (Å²) in [4.78, 5) is 0. The van der Waals surface area contributed by atoms with Crippen LogP contribution in [0.3, 0.4) is 0 Å². The zero-order valence-electron chi connectivity index (χ0n) is 13.9. The summed E-state index contributed by atoms with van der Waals surface area (Å²) in [5, 5.41) is 4.81. The summed E-state index contributed by atoms with van der Waals surface area (Å²) in [6.07, 6.45) is 5.11. The molecule has 1 aliphatic carbocycles. The molecule has 0 unspecified atom stereocenters. The zero-order chi connectivity index (χ0) is 16.9. The van der Waals surface area contributed by atoms with Crippen LogP contribution in [0, 0.1) is 6.92 Å². The fraction of sp³-hybridized carbons (Fsp3) is 0.400. The van der Waals surface area contributed by atoms with Crippen LogP contribution in [-0.2, 0) is 13.2 Å². The van der Waals surface area contributed by atoms with E-state index in [0.29, 0.717) is 22.7 Å². The summed E-state index contributed by atoms with van der Waals surface area (Å²) < 4.78 is 6.03. The molecule has 3 rings (SSSR count). The van der Waals surface area contributed by atoms with Crippen molar-refractivity contribution in [2.45, 2.75) is 51.8 Å². The van der Waals surface area contributed by atoms with Crippen LogP contribution in [0.5, 0.6) is 5.75 Å². The highest BCUT2D eigenvalue weighted by Gasteiger charge is 2.16. The van der Waals surface area contributed by atoms with Crippen LogP contribution in [0.2, 0.25) is 10.0 Å². The summed E-state index contributed by atoms with van der Waals surface area (Å²) in [6, 6.07) is 12.6. The zero-order valence-corrected chi connectivity index (χ0v) is 15.5. The second-order valence-corrected chi connectivity index (χ2v) is 7.36. The van der Waals surface area contributed by atoms with Crippen molar-refractivity contribution in [3.63, 3.8) is 0 Å². The minimum atomic E-state index is 0.498. The Hall–Kier alpha value is -1.22. The van der Waals surface area contributed by atoms with Crippen LogP contribution in [0.15, 0.2) is 36.4 Å². The smallest absolute Gasteiger partial charge is 0.142 e. The number of benzene rings is 2. The van der Waals surface area contributed by atoms with Gasteiger partial charge in [0, 0.05) is 23.2 Å². The average Bonchev–Trinajstić information content (AvgIpc) is 3.07. The fourth-order valence-corrected chi connectivity index (χ4v) is 3.72. The second-order valence-electron chi connectivity index (χ2n) is 6.51. The maximum Gasteiger partial charge on any atom is 0.142 e. The Bertz CT molecular complexity index is 679. The molecule has 0 amide bonds. The molecular weight excluding hydrogens is 341 g/mol. The molecule has 0 saturated heterocycles. The van der Waals surface area contributed by atoms with Gasteiger partial charge in [0.25, 0.3) is 0 Å². The van der Waals surface area contributed by atoms with E-state index in [1.54, 1.807) is 6.07 Å². The lowest BCUT2D eigenvalue weighted by molar-refractivity contribution is 0.301. The van der Waals surface area contributed by atoms with E-state index in [9.17, 15) is 0 Å². The predicted molar refractivity (Wildman–Crippen MR) is 101 cm³/mol. The summed E-state index contributed by atoms with van der Waals surface area (Å²) in [7, 11) is 0. The first kappa shape index (κ1) is 17.6. The Balaban J connectivity index is 1.71. The summed E-state index contributed by atoms with van der Waals surface area (Å²) >= 11 is 12.6. The van der Waals surface area contributed by atoms with Crippen LogP contribution in [-0.4, -0.2) is 6.04 Å². The van der Waals surface area contributed by atoms with Crippen LogP contribution < -0.4 is 10.1 Å². The second kappa shape index (κ2) is 8.24. The van der Waals surface area contributed by atoms with Gasteiger partial charge in [-0.1, -0.05) is 65.9 Å². The lowest BCUT2D eigenvalue weighted by Gasteiger charge is -2.17. The minimum Gasteiger partial charge on any atom is -0.487 e. The molecule has 0 heterocycles. The van der Waals surface area contributed by atoms with Crippen molar-refractivity contribution < 1.29 is 4.74 Å². The molecule has 0 aromatic heterocycles. The molecule has 24 heavy (non-hydrogen) atoms. The number of aryl methyl sites for hydroxylation is 1. The first-order valence-corrected chi connectivity index (χ1v) is 9.27. The summed E-state index contributed by atoms with van der Waals surface area (Å²) in [5.41, 5.74) is 3.39. The molecule has 128 valence electrons. The first-order chi connectivity index (χ1) is 11.6. The third kappa shape index (κ3) is 4.66. The van der Waals surface area contributed by atoms with E-state index >= 15 is 0 Å². The maximum absolute atomic E-state index is 6.38. The van der Waals surface area contributed by atoms with Crippen molar-refractivity contribution in [1.29, 1.82) is 0 Å². The van der Waals surface area contributed by atoms with Crippen molar-refractivity contribution in [1.82, 2.24) is 5.32 Å². The monoisotopic (exact) mass is 363 g/mol. The van der Waals surface area contributed by atoms with E-state index in [0.717, 1.165) is 23.4 Å². The van der Waals surface area contributed by atoms with Gasteiger partial charge in [-0.2, -0.15) is 0 Å². The van der Waals surface area contributed by atoms with Crippen molar-refractivity contribution in [3.05, 3.63) is 63.1 Å². The Morgan fingerprint density at radius 3 is 2.50 bits per heavy atom. The number of halogens is 2. The van der Waals surface area contributed by atoms with E-state index in [-0.39, 0.29) is 0 Å². The van der Waals surface area contributed by atoms with Gasteiger partial charge >= 0.3 is 0 Å². The van der Waals surface area contributed by atoms with Gasteiger partial charge in [0.05, 0.1) is 5.02 Å². The van der Waals surface area contributed by atoms with E-state index in [1.807, 2.05) is 6.07 Å². The molecule has 2 aromatic rings. The molecule has 1 N–H and O–H groups in total. The lowest BCUT2D eigenvalue weighted by atomic mass is 10.1. The van der Waals surface area contributed by atoms with Gasteiger partial charge in [0.15, 0.2) is 0 Å². The van der Waals surface area contributed by atoms with Crippen LogP contribution in [0.4, 0.5) is 0 Å². The number of hydrogen-bond donors (Lipinski definition) is 1. The van der Waals surface area contributed by atoms with Crippen molar-refractivity contribution in [2.75, 3.05) is 0 Å². The van der Waals surface area contributed by atoms with Gasteiger partial charge in [-0.05, 0) is 37.5 Å². The van der Waals surface area contributed by atoms with E-state index in [4.69, 9.17) is 27.9 Å². The topological polar surface area (TPSA) is 21.3 Å². The fourth-order valence-electron chi connectivity index (χ4n) is 3.13. The van der Waals surface area contributed by atoms with E-state index in [2.05, 4.69) is 36.5 Å². The molecule has 0 spiro atoms. The summed E-state index contributed by atoms with van der Waals surface area (Å²) in [5.74, 6) is 0.729. The van der Waals surface area contributed by atoms with E-state index < -0.39 is 0 Å². The number of ether oxygens (including phenoxy) is 1. The standard InChI is InChI=1S/C20H23Cl2NO/c1-14-6-8-15(9-7-14)13-24-20-16(10-17(21)11-19(20)22)12-23-18-4-2-3-5-18/h6-11,18,23H,2-5,12-13H2,1H3. The molecule has 1 aliphatic rings. The van der Waals surface area contributed by atoms with Crippen LogP contribution in [0.25, 0.3) is 0 Å². The SMILES string of the molecule is Cc1ccc(COc2c(Cl)cc(Cl)cc2CNC2CCCC2)cc1. The Morgan fingerprint density at radius 2 is 1.79 bits per heavy atom. The molecule has 0 atom stereocenters. The highest BCUT2D eigenvalue weighted by molar-refractivity contribution is 6.35. The third-order valence-corrected chi connectivity index (χ3v) is 5.02. The first-order valence-electron chi connectivity index (χ1n) is 8.51. The third-order valence-electron chi connectivity index (χ3n) is 4.53. The van der Waals surface area contributed by atoms with Gasteiger partial charge in [0.2, 0.25) is 0 Å². The van der Waals surface area contributed by atoms with Crippen LogP contribution >= 0.6 is 23.2 Å². The van der Waals surface area contributed by atoms with Crippen molar-refractivity contribution in [2.24, 2.45) is 0 Å². The van der Waals surface area contributed by atoms with Gasteiger partial charge in [-0.15, -0.1) is 0 Å². The van der Waals surface area contributed by atoms with Gasteiger partial charge in [0.1, 0.15) is 12.4 Å². The average molecular weight is 364 g/mol. The highest BCUT2D eigenvalue weighted by atomic mass is 35.5. The highest BCUT2D eigenvalue weighted by Crippen LogP contribution is 2.33. The molecule has 0 aliphatic heterocycles. The Morgan fingerprint density at radius 1 is 1.08 bits per heavy atom. The molecule has 1 fully saturated rings. The largest absolute Gasteiger partial charge is 0.487 e. The van der Waals surface area contributed by atoms with Gasteiger partial charge in [-0.25, -0.2) is 0 Å². The van der Waals surface area contributed by atoms with Crippen molar-refractivity contribution in [3.8, 4) is 5.75 Å². The Kier molecular flexibility index (Phi) is 6.04. The van der Waals surface area contributed by atoms with Crippen molar-refractivity contribution >= 4 is 23.2 Å². The predicted octanol–water partition coefficient (Wildman–Crippen LogP) is 5.91. The molecule has 2 nitrogen and oxygen atoms in total. The number of hydrogen-bond acceptors (Lipinski definition) is 2. The van der Waals surface area contributed by atoms with Crippen LogP contribution in [0.1, 0.15) is 42.4 Å². The normalized spacial score (nSPS) is 15.0. The molecule has 4 heteroatoms. The molecule has 2 aromatic carbocycles. The molecule has 0 bridgehead atoms. The molecular formula is C20H23Cl2NO. The Labute approximate surface area is 154 Å². The van der Waals surface area contributed by atoms with E-state index in [1.165, 1.54) is 31.2 Å². The van der Waals surface area contributed by atoms with Gasteiger partial charge < -0.3 is 10.1 Å². The lowest BCUT2D eigenvalue weighted by Crippen LogP contribution is -2.25. The number of rotatable bonds is 6. The summed E-state index contributed by atoms with van der Waals surface area (Å²) in [6.45, 7) is 3.31. The maximum atomic E-state index is 6.38. The number of nitrogens with one attached hydrogen (secondary N) is 1. The molecule has 1 saturated carbocycles. The van der Waals surface area contributed by atoms with Gasteiger partial charge in [-0.3, -0.25) is 0 Å². The molecule has 0 radical (unpaired) electrons.